The van der Waals surface area contributed by atoms with Crippen molar-refractivity contribution in [3.8, 4) is 5.75 Å². The number of nitrogens with zero attached hydrogens (tertiary/aromatic N) is 2. The van der Waals surface area contributed by atoms with E-state index in [9.17, 15) is 0 Å². The predicted octanol–water partition coefficient (Wildman–Crippen LogP) is 2.40. The molecule has 0 saturated carbocycles. The van der Waals surface area contributed by atoms with Gasteiger partial charge in [0.15, 0.2) is 0 Å². The summed E-state index contributed by atoms with van der Waals surface area (Å²) in [5.74, 6) is 1.21. The number of pyridine rings is 2. The molecule has 2 N–H and O–H groups in total. The highest BCUT2D eigenvalue weighted by Gasteiger charge is 1.98. The molecule has 2 heterocycles. The first-order chi connectivity index (χ1) is 7.74. The lowest BCUT2D eigenvalue weighted by atomic mass is 10.3. The Balaban J connectivity index is 2.02. The van der Waals surface area contributed by atoms with Gasteiger partial charge in [-0.3, -0.25) is 4.98 Å². The van der Waals surface area contributed by atoms with Crippen molar-refractivity contribution in [1.29, 1.82) is 0 Å². The Morgan fingerprint density at radius 1 is 1.31 bits per heavy atom. The van der Waals surface area contributed by atoms with Crippen molar-refractivity contribution in [2.45, 2.75) is 6.61 Å². The lowest BCUT2D eigenvalue weighted by Crippen LogP contribution is -1.98. The highest BCUT2D eigenvalue weighted by molar-refractivity contribution is 9.10. The number of rotatable bonds is 3. The molecule has 0 saturated heterocycles. The summed E-state index contributed by atoms with van der Waals surface area (Å²) >= 11 is 3.33. The van der Waals surface area contributed by atoms with Gasteiger partial charge in [-0.1, -0.05) is 0 Å². The van der Waals surface area contributed by atoms with E-state index in [1.807, 2.05) is 12.1 Å². The van der Waals surface area contributed by atoms with Gasteiger partial charge in [-0.05, 0) is 39.7 Å². The number of halogens is 1. The molecule has 0 bridgehead atoms. The van der Waals surface area contributed by atoms with Crippen LogP contribution in [-0.4, -0.2) is 9.97 Å². The van der Waals surface area contributed by atoms with Gasteiger partial charge in [0.1, 0.15) is 18.2 Å². The van der Waals surface area contributed by atoms with E-state index in [1.54, 1.807) is 24.7 Å². The number of hydrogen-bond donors (Lipinski definition) is 1. The molecule has 2 aromatic heterocycles. The molecule has 0 unspecified atom stereocenters. The fraction of sp³-hybridized carbons (Fsp3) is 0.0909. The van der Waals surface area contributed by atoms with E-state index in [0.29, 0.717) is 18.2 Å². The van der Waals surface area contributed by atoms with E-state index >= 15 is 0 Å². The van der Waals surface area contributed by atoms with Crippen molar-refractivity contribution >= 4 is 21.7 Å². The van der Waals surface area contributed by atoms with Crippen LogP contribution >= 0.6 is 15.9 Å². The summed E-state index contributed by atoms with van der Waals surface area (Å²) < 4.78 is 6.44. The lowest BCUT2D eigenvalue weighted by molar-refractivity contribution is 0.304. The maximum atomic E-state index is 5.57. The lowest BCUT2D eigenvalue weighted by Gasteiger charge is -2.06. The second-order valence-corrected chi connectivity index (χ2v) is 4.13. The first kappa shape index (κ1) is 10.9. The second-order valence-electron chi connectivity index (χ2n) is 3.22. The summed E-state index contributed by atoms with van der Waals surface area (Å²) in [5.41, 5.74) is 6.54. The Labute approximate surface area is 102 Å². The molecular formula is C11H10BrN3O. The van der Waals surface area contributed by atoms with Gasteiger partial charge in [-0.2, -0.15) is 0 Å². The fourth-order valence-corrected chi connectivity index (χ4v) is 1.57. The Bertz CT molecular complexity index is 445. The van der Waals surface area contributed by atoms with Crippen molar-refractivity contribution in [2.75, 3.05) is 5.73 Å². The topological polar surface area (TPSA) is 61.0 Å². The molecular weight excluding hydrogens is 270 g/mol. The molecule has 5 heteroatoms. The minimum Gasteiger partial charge on any atom is -0.487 e. The van der Waals surface area contributed by atoms with Crippen molar-refractivity contribution in [2.24, 2.45) is 0 Å². The molecule has 82 valence electrons. The highest BCUT2D eigenvalue weighted by Crippen LogP contribution is 2.17. The van der Waals surface area contributed by atoms with Crippen LogP contribution in [0, 0.1) is 0 Å². The van der Waals surface area contributed by atoms with Crippen molar-refractivity contribution in [3.05, 3.63) is 46.8 Å². The molecule has 2 aromatic rings. The minimum atomic E-state index is 0.449. The van der Waals surface area contributed by atoms with E-state index in [0.717, 1.165) is 10.0 Å². The number of nitrogen functional groups attached to an aromatic ring is 1. The van der Waals surface area contributed by atoms with Crippen LogP contribution in [-0.2, 0) is 6.61 Å². The normalized spacial score (nSPS) is 10.1. The average molecular weight is 280 g/mol. The van der Waals surface area contributed by atoms with E-state index in [4.69, 9.17) is 10.5 Å². The van der Waals surface area contributed by atoms with Crippen LogP contribution in [0.15, 0.2) is 41.3 Å². The average Bonchev–Trinajstić information content (AvgIpc) is 2.27. The van der Waals surface area contributed by atoms with Crippen molar-refractivity contribution < 1.29 is 4.74 Å². The third-order valence-electron chi connectivity index (χ3n) is 1.93. The van der Waals surface area contributed by atoms with E-state index in [-0.39, 0.29) is 0 Å². The Hall–Kier alpha value is -1.62. The van der Waals surface area contributed by atoms with Gasteiger partial charge in [-0.15, -0.1) is 0 Å². The van der Waals surface area contributed by atoms with Gasteiger partial charge in [0, 0.05) is 16.9 Å². The predicted molar refractivity (Wildman–Crippen MR) is 64.9 cm³/mol. The van der Waals surface area contributed by atoms with Crippen LogP contribution in [0.2, 0.25) is 0 Å². The van der Waals surface area contributed by atoms with Gasteiger partial charge >= 0.3 is 0 Å². The summed E-state index contributed by atoms with van der Waals surface area (Å²) in [4.78, 5) is 7.92. The molecule has 2 rings (SSSR count). The second kappa shape index (κ2) is 4.94. The SMILES string of the molecule is Nc1cc(COc2cncc(Br)c2)ccn1. The summed E-state index contributed by atoms with van der Waals surface area (Å²) in [6.07, 6.45) is 5.03. The molecule has 0 amide bonds. The standard InChI is InChI=1S/C11H10BrN3O/c12-9-4-10(6-14-5-9)16-7-8-1-2-15-11(13)3-8/h1-6H,7H2,(H2,13,15). The van der Waals surface area contributed by atoms with Crippen LogP contribution in [0.5, 0.6) is 5.75 Å². The van der Waals surface area contributed by atoms with Crippen LogP contribution < -0.4 is 10.5 Å². The Kier molecular flexibility index (Phi) is 3.36. The van der Waals surface area contributed by atoms with Crippen molar-refractivity contribution in [3.63, 3.8) is 0 Å². The van der Waals surface area contributed by atoms with Gasteiger partial charge < -0.3 is 10.5 Å². The number of anilines is 1. The molecule has 4 nitrogen and oxygen atoms in total. The quantitative estimate of drug-likeness (QED) is 0.937. The maximum absolute atomic E-state index is 5.57. The number of hydrogen-bond acceptors (Lipinski definition) is 4. The monoisotopic (exact) mass is 279 g/mol. The fourth-order valence-electron chi connectivity index (χ4n) is 1.22. The largest absolute Gasteiger partial charge is 0.487 e. The molecule has 0 aliphatic rings. The van der Waals surface area contributed by atoms with Gasteiger partial charge in [0.25, 0.3) is 0 Å². The summed E-state index contributed by atoms with van der Waals surface area (Å²) in [7, 11) is 0. The Morgan fingerprint density at radius 2 is 2.19 bits per heavy atom. The zero-order chi connectivity index (χ0) is 11.4. The van der Waals surface area contributed by atoms with E-state index < -0.39 is 0 Å². The maximum Gasteiger partial charge on any atom is 0.139 e. The Morgan fingerprint density at radius 3 is 2.94 bits per heavy atom. The van der Waals surface area contributed by atoms with Crippen LogP contribution in [0.4, 0.5) is 5.82 Å². The summed E-state index contributed by atoms with van der Waals surface area (Å²) in [5, 5.41) is 0. The third kappa shape index (κ3) is 2.93. The summed E-state index contributed by atoms with van der Waals surface area (Å²) in [6.45, 7) is 0.449. The molecule has 0 aliphatic heterocycles. The summed E-state index contributed by atoms with van der Waals surface area (Å²) in [6, 6.07) is 5.50. The molecule has 0 spiro atoms. The van der Waals surface area contributed by atoms with Crippen LogP contribution in [0.25, 0.3) is 0 Å². The number of aromatic nitrogens is 2. The molecule has 0 fully saturated rings. The van der Waals surface area contributed by atoms with Crippen LogP contribution in [0.1, 0.15) is 5.56 Å². The zero-order valence-corrected chi connectivity index (χ0v) is 10.0. The van der Waals surface area contributed by atoms with E-state index in [2.05, 4.69) is 25.9 Å². The smallest absolute Gasteiger partial charge is 0.139 e. The number of nitrogens with two attached hydrogens (primary N) is 1. The third-order valence-corrected chi connectivity index (χ3v) is 2.36. The minimum absolute atomic E-state index is 0.449. The van der Waals surface area contributed by atoms with Gasteiger partial charge in [0.2, 0.25) is 0 Å². The zero-order valence-electron chi connectivity index (χ0n) is 8.43. The van der Waals surface area contributed by atoms with Gasteiger partial charge in [0.05, 0.1) is 6.20 Å². The number of ether oxygens (including phenoxy) is 1. The first-order valence-electron chi connectivity index (χ1n) is 4.68. The highest BCUT2D eigenvalue weighted by atomic mass is 79.9. The molecule has 0 radical (unpaired) electrons. The van der Waals surface area contributed by atoms with Crippen molar-refractivity contribution in [1.82, 2.24) is 9.97 Å². The van der Waals surface area contributed by atoms with E-state index in [1.165, 1.54) is 0 Å². The van der Waals surface area contributed by atoms with Crippen LogP contribution in [0.3, 0.4) is 0 Å². The molecule has 0 aliphatic carbocycles. The molecule has 16 heavy (non-hydrogen) atoms. The van der Waals surface area contributed by atoms with Gasteiger partial charge in [-0.25, -0.2) is 4.98 Å². The molecule has 0 aromatic carbocycles. The first-order valence-corrected chi connectivity index (χ1v) is 5.47. The molecule has 0 atom stereocenters.